The highest BCUT2D eigenvalue weighted by molar-refractivity contribution is 5.88. The molecule has 0 fully saturated rings. The number of hydrogen-bond acceptors (Lipinski definition) is 6. The van der Waals surface area contributed by atoms with Crippen LogP contribution >= 0.6 is 0 Å². The summed E-state index contributed by atoms with van der Waals surface area (Å²) >= 11 is 0. The summed E-state index contributed by atoms with van der Waals surface area (Å²) in [6, 6.07) is 2.80. The minimum Gasteiger partial charge on any atom is -0.504 e. The summed E-state index contributed by atoms with van der Waals surface area (Å²) in [6.45, 7) is 3.55. The van der Waals surface area contributed by atoms with Crippen molar-refractivity contribution in [3.8, 4) is 11.5 Å². The molecule has 0 saturated carbocycles. The maximum Gasteiger partial charge on any atom is 0.340 e. The average Bonchev–Trinajstić information content (AvgIpc) is 2.40. The zero-order chi connectivity index (χ0) is 14.9. The van der Waals surface area contributed by atoms with Gasteiger partial charge in [0.15, 0.2) is 11.3 Å². The van der Waals surface area contributed by atoms with E-state index in [1.165, 1.54) is 12.1 Å². The van der Waals surface area contributed by atoms with E-state index in [9.17, 15) is 19.8 Å². The molecule has 20 heavy (non-hydrogen) atoms. The van der Waals surface area contributed by atoms with E-state index in [0.29, 0.717) is 10.9 Å². The van der Waals surface area contributed by atoms with Crippen molar-refractivity contribution in [2.24, 2.45) is 0 Å². The third-order valence-electron chi connectivity index (χ3n) is 3.03. The normalized spacial score (nSPS) is 10.7. The molecule has 0 unspecified atom stereocenters. The minimum atomic E-state index is -0.732. The predicted octanol–water partition coefficient (Wildman–Crippen LogP) is 1.62. The van der Waals surface area contributed by atoms with Gasteiger partial charge in [-0.15, -0.1) is 0 Å². The summed E-state index contributed by atoms with van der Waals surface area (Å²) in [5.41, 5.74) is -0.135. The number of phenolic OH excluding ortho intramolecular Hbond substituents is 2. The molecule has 2 aromatic rings. The first-order valence-electron chi connectivity index (χ1n) is 6.08. The fourth-order valence-corrected chi connectivity index (χ4v) is 1.99. The second-order valence-electron chi connectivity index (χ2n) is 4.28. The molecule has 0 spiro atoms. The zero-order valence-corrected chi connectivity index (χ0v) is 11.1. The highest BCUT2D eigenvalue weighted by atomic mass is 16.5. The van der Waals surface area contributed by atoms with Gasteiger partial charge in [-0.2, -0.15) is 0 Å². The number of benzene rings is 1. The Morgan fingerprint density at radius 3 is 2.70 bits per heavy atom. The van der Waals surface area contributed by atoms with Crippen LogP contribution < -0.4 is 5.63 Å². The van der Waals surface area contributed by atoms with Crippen LogP contribution in [0, 0.1) is 6.92 Å². The van der Waals surface area contributed by atoms with E-state index in [-0.39, 0.29) is 29.9 Å². The second kappa shape index (κ2) is 5.24. The largest absolute Gasteiger partial charge is 0.504 e. The molecule has 2 N–H and O–H groups in total. The third kappa shape index (κ3) is 2.32. The van der Waals surface area contributed by atoms with Gasteiger partial charge < -0.3 is 19.4 Å². The van der Waals surface area contributed by atoms with Crippen molar-refractivity contribution in [1.82, 2.24) is 0 Å². The smallest absolute Gasteiger partial charge is 0.340 e. The van der Waals surface area contributed by atoms with Crippen molar-refractivity contribution in [2.75, 3.05) is 6.61 Å². The average molecular weight is 278 g/mol. The standard InChI is InChI=1S/C14H14O6/c1-3-19-11(16)6-9-7(2)8-4-5-10(15)12(17)13(8)20-14(9)18/h4-5,15,17H,3,6H2,1-2H3. The molecule has 0 atom stereocenters. The first-order chi connectivity index (χ1) is 9.45. The molecule has 0 aliphatic rings. The van der Waals surface area contributed by atoms with E-state index in [2.05, 4.69) is 0 Å². The lowest BCUT2D eigenvalue weighted by Gasteiger charge is -2.08. The Hall–Kier alpha value is -2.50. The molecular weight excluding hydrogens is 264 g/mol. The van der Waals surface area contributed by atoms with Crippen molar-refractivity contribution < 1.29 is 24.2 Å². The molecule has 1 aromatic heterocycles. The molecule has 2 rings (SSSR count). The minimum absolute atomic E-state index is 0.0971. The topological polar surface area (TPSA) is 97.0 Å². The van der Waals surface area contributed by atoms with Gasteiger partial charge in [0, 0.05) is 5.39 Å². The fraction of sp³-hybridized carbons (Fsp3) is 0.286. The summed E-state index contributed by atoms with van der Waals surface area (Å²) < 4.78 is 9.79. The number of carbonyl (C=O) groups excluding carboxylic acids is 1. The first-order valence-corrected chi connectivity index (χ1v) is 6.08. The third-order valence-corrected chi connectivity index (χ3v) is 3.03. The van der Waals surface area contributed by atoms with Gasteiger partial charge in [-0.3, -0.25) is 4.79 Å². The van der Waals surface area contributed by atoms with Gasteiger partial charge in [-0.1, -0.05) is 0 Å². The Morgan fingerprint density at radius 1 is 1.35 bits per heavy atom. The zero-order valence-electron chi connectivity index (χ0n) is 11.1. The van der Waals surface area contributed by atoms with Gasteiger partial charge in [0.25, 0.3) is 0 Å². The molecule has 0 radical (unpaired) electrons. The lowest BCUT2D eigenvalue weighted by atomic mass is 10.0. The van der Waals surface area contributed by atoms with E-state index in [4.69, 9.17) is 9.15 Å². The number of aromatic hydroxyl groups is 2. The molecule has 0 saturated heterocycles. The number of carbonyl (C=O) groups is 1. The van der Waals surface area contributed by atoms with E-state index in [1.807, 2.05) is 0 Å². The Balaban J connectivity index is 2.61. The fourth-order valence-electron chi connectivity index (χ4n) is 1.99. The molecule has 6 nitrogen and oxygen atoms in total. The predicted molar refractivity (Wildman–Crippen MR) is 70.9 cm³/mol. The van der Waals surface area contributed by atoms with Crippen LogP contribution in [0.4, 0.5) is 0 Å². The van der Waals surface area contributed by atoms with Crippen molar-refractivity contribution >= 4 is 16.9 Å². The maximum absolute atomic E-state index is 11.9. The lowest BCUT2D eigenvalue weighted by Crippen LogP contribution is -2.17. The summed E-state index contributed by atoms with van der Waals surface area (Å²) in [6.07, 6.45) is -0.195. The highest BCUT2D eigenvalue weighted by Gasteiger charge is 2.18. The number of rotatable bonds is 3. The van der Waals surface area contributed by atoms with Gasteiger partial charge >= 0.3 is 11.6 Å². The van der Waals surface area contributed by atoms with Gasteiger partial charge in [0.05, 0.1) is 18.6 Å². The van der Waals surface area contributed by atoms with Crippen LogP contribution in [0.2, 0.25) is 0 Å². The first kappa shape index (κ1) is 13.9. The van der Waals surface area contributed by atoms with Crippen molar-refractivity contribution in [1.29, 1.82) is 0 Å². The lowest BCUT2D eigenvalue weighted by molar-refractivity contribution is -0.142. The molecule has 0 amide bonds. The summed E-state index contributed by atoms with van der Waals surface area (Å²) in [5.74, 6) is -1.39. The van der Waals surface area contributed by atoms with Gasteiger partial charge in [0.2, 0.25) is 5.75 Å². The van der Waals surface area contributed by atoms with E-state index < -0.39 is 17.3 Å². The Morgan fingerprint density at radius 2 is 2.05 bits per heavy atom. The summed E-state index contributed by atoms with van der Waals surface area (Å²) in [7, 11) is 0. The second-order valence-corrected chi connectivity index (χ2v) is 4.28. The van der Waals surface area contributed by atoms with Gasteiger partial charge in [-0.05, 0) is 31.5 Å². The van der Waals surface area contributed by atoms with Crippen LogP contribution in [0.15, 0.2) is 21.3 Å². The Labute approximate surface area is 114 Å². The van der Waals surface area contributed by atoms with Crippen LogP contribution in [0.1, 0.15) is 18.1 Å². The number of hydrogen-bond donors (Lipinski definition) is 2. The maximum atomic E-state index is 11.9. The van der Waals surface area contributed by atoms with E-state index >= 15 is 0 Å². The molecule has 106 valence electrons. The van der Waals surface area contributed by atoms with Crippen LogP contribution in [0.25, 0.3) is 11.0 Å². The molecular formula is C14H14O6. The summed E-state index contributed by atoms with van der Waals surface area (Å²) in [5, 5.41) is 19.5. The van der Waals surface area contributed by atoms with Crippen LogP contribution in [-0.2, 0) is 16.0 Å². The number of aryl methyl sites for hydroxylation is 1. The van der Waals surface area contributed by atoms with Gasteiger partial charge in [-0.25, -0.2) is 4.79 Å². The number of phenols is 2. The van der Waals surface area contributed by atoms with E-state index in [0.717, 1.165) is 0 Å². The van der Waals surface area contributed by atoms with Crippen molar-refractivity contribution in [2.45, 2.75) is 20.3 Å². The molecule has 0 aliphatic heterocycles. The van der Waals surface area contributed by atoms with Gasteiger partial charge in [0.1, 0.15) is 0 Å². The molecule has 1 aromatic carbocycles. The molecule has 1 heterocycles. The highest BCUT2D eigenvalue weighted by Crippen LogP contribution is 2.34. The van der Waals surface area contributed by atoms with Crippen LogP contribution in [0.5, 0.6) is 11.5 Å². The number of ether oxygens (including phenoxy) is 1. The van der Waals surface area contributed by atoms with Crippen LogP contribution in [0.3, 0.4) is 0 Å². The molecule has 0 aliphatic carbocycles. The number of fused-ring (bicyclic) bond motifs is 1. The molecule has 0 bridgehead atoms. The van der Waals surface area contributed by atoms with Crippen molar-refractivity contribution in [3.63, 3.8) is 0 Å². The SMILES string of the molecule is CCOC(=O)Cc1c(C)c2ccc(O)c(O)c2oc1=O. The Bertz CT molecular complexity index is 729. The number of esters is 1. The van der Waals surface area contributed by atoms with E-state index in [1.54, 1.807) is 13.8 Å². The monoisotopic (exact) mass is 278 g/mol. The Kier molecular flexibility index (Phi) is 3.65. The van der Waals surface area contributed by atoms with Crippen LogP contribution in [-0.4, -0.2) is 22.8 Å². The quantitative estimate of drug-likeness (QED) is 0.503. The molecule has 6 heteroatoms. The van der Waals surface area contributed by atoms with Crippen molar-refractivity contribution in [3.05, 3.63) is 33.7 Å². The summed E-state index contributed by atoms with van der Waals surface area (Å²) in [4.78, 5) is 23.4.